The Morgan fingerprint density at radius 2 is 2.15 bits per heavy atom. The molecule has 136 valence electrons. The molecule has 0 aromatic carbocycles. The third-order valence-corrected chi connectivity index (χ3v) is 5.46. The van der Waals surface area contributed by atoms with E-state index in [9.17, 15) is 9.59 Å². The Bertz CT molecular complexity index is 884. The minimum absolute atomic E-state index is 0.0339. The molecule has 1 N–H and O–H groups in total. The number of nitrogens with one attached hydrogen (secondary N) is 1. The first-order valence-electron chi connectivity index (χ1n) is 8.74. The lowest BCUT2D eigenvalue weighted by Gasteiger charge is -2.31. The van der Waals surface area contributed by atoms with E-state index in [1.165, 1.54) is 0 Å². The standard InChI is InChI=1S/C18H20N4O3S/c1-2-25-18(24)21-9-6-12(7-10-21)19-17(23)16-13-8-11-26-15-5-3-4-14(20-16)22(13)15/h3-5,8,11-12H,2,6-7,9-10H2,1H3,(H,19,23). The lowest BCUT2D eigenvalue weighted by Crippen LogP contribution is -2.46. The molecule has 2 amide bonds. The smallest absolute Gasteiger partial charge is 0.409 e. The van der Waals surface area contributed by atoms with Crippen LogP contribution < -0.4 is 5.32 Å². The second-order valence-electron chi connectivity index (χ2n) is 6.26. The van der Waals surface area contributed by atoms with Crippen LogP contribution in [0.15, 0.2) is 28.6 Å². The number of carbonyl (C=O) groups excluding carboxylic acids is 2. The topological polar surface area (TPSA) is 75.9 Å². The maximum atomic E-state index is 12.8. The molecule has 2 aliphatic heterocycles. The van der Waals surface area contributed by atoms with Gasteiger partial charge in [0.25, 0.3) is 5.91 Å². The van der Waals surface area contributed by atoms with E-state index in [-0.39, 0.29) is 18.0 Å². The molecule has 2 aromatic rings. The third kappa shape index (κ3) is 3.05. The number of hydrogen-bond acceptors (Lipinski definition) is 5. The van der Waals surface area contributed by atoms with Crippen molar-refractivity contribution in [3.63, 3.8) is 0 Å². The molecule has 0 radical (unpaired) electrons. The molecule has 0 unspecified atom stereocenters. The number of likely N-dealkylation sites (tertiary alicyclic amines) is 1. The van der Waals surface area contributed by atoms with E-state index in [2.05, 4.69) is 10.3 Å². The molecule has 1 saturated heterocycles. The van der Waals surface area contributed by atoms with Crippen molar-refractivity contribution in [1.82, 2.24) is 19.6 Å². The highest BCUT2D eigenvalue weighted by Gasteiger charge is 2.27. The van der Waals surface area contributed by atoms with Crippen LogP contribution in [0.3, 0.4) is 0 Å². The number of amides is 2. The fourth-order valence-electron chi connectivity index (χ4n) is 3.34. The molecule has 0 atom stereocenters. The van der Waals surface area contributed by atoms with Gasteiger partial charge >= 0.3 is 6.09 Å². The van der Waals surface area contributed by atoms with Crippen molar-refractivity contribution in [2.75, 3.05) is 19.7 Å². The fourth-order valence-corrected chi connectivity index (χ4v) is 4.13. The average Bonchev–Trinajstić information content (AvgIpc) is 3.04. The molecular formula is C18H20N4O3S. The van der Waals surface area contributed by atoms with E-state index >= 15 is 0 Å². The van der Waals surface area contributed by atoms with Gasteiger partial charge in [0.15, 0.2) is 5.69 Å². The summed E-state index contributed by atoms with van der Waals surface area (Å²) in [7, 11) is 0. The summed E-state index contributed by atoms with van der Waals surface area (Å²) in [6.45, 7) is 3.34. The molecule has 8 heteroatoms. The number of aromatic nitrogens is 2. The zero-order valence-electron chi connectivity index (χ0n) is 14.5. The summed E-state index contributed by atoms with van der Waals surface area (Å²) in [6.07, 6.45) is 3.07. The molecular weight excluding hydrogens is 352 g/mol. The van der Waals surface area contributed by atoms with Gasteiger partial charge in [0.05, 0.1) is 17.3 Å². The lowest BCUT2D eigenvalue weighted by molar-refractivity contribution is 0.0857. The molecule has 2 aromatic heterocycles. The maximum Gasteiger partial charge on any atom is 0.409 e. The summed E-state index contributed by atoms with van der Waals surface area (Å²) in [5, 5.41) is 6.09. The van der Waals surface area contributed by atoms with Gasteiger partial charge in [0.2, 0.25) is 0 Å². The van der Waals surface area contributed by atoms with Crippen molar-refractivity contribution in [3.05, 3.63) is 35.0 Å². The summed E-state index contributed by atoms with van der Waals surface area (Å²) in [5.41, 5.74) is 2.04. The molecule has 26 heavy (non-hydrogen) atoms. The molecule has 0 spiro atoms. The van der Waals surface area contributed by atoms with Crippen molar-refractivity contribution in [1.29, 1.82) is 0 Å². The zero-order valence-corrected chi connectivity index (χ0v) is 15.3. The van der Waals surface area contributed by atoms with Crippen LogP contribution in [-0.2, 0) is 4.74 Å². The van der Waals surface area contributed by atoms with Gasteiger partial charge in [-0.25, -0.2) is 9.78 Å². The van der Waals surface area contributed by atoms with Crippen LogP contribution in [-0.4, -0.2) is 52.0 Å². The predicted octanol–water partition coefficient (Wildman–Crippen LogP) is 2.76. The highest BCUT2D eigenvalue weighted by Crippen LogP contribution is 2.30. The number of pyridine rings is 1. The Morgan fingerprint density at radius 3 is 2.92 bits per heavy atom. The van der Waals surface area contributed by atoms with Crippen LogP contribution in [0.2, 0.25) is 0 Å². The van der Waals surface area contributed by atoms with Crippen molar-refractivity contribution in [2.45, 2.75) is 30.8 Å². The number of hydrogen-bond donors (Lipinski definition) is 1. The summed E-state index contributed by atoms with van der Waals surface area (Å²) < 4.78 is 7.03. The summed E-state index contributed by atoms with van der Waals surface area (Å²) >= 11 is 1.61. The number of carbonyl (C=O) groups is 2. The average molecular weight is 372 g/mol. The number of nitrogens with zero attached hydrogens (tertiary/aromatic N) is 3. The Labute approximate surface area is 155 Å². The Kier molecular flexibility index (Phi) is 4.58. The Hall–Kier alpha value is -2.48. The molecule has 7 nitrogen and oxygen atoms in total. The van der Waals surface area contributed by atoms with Gasteiger partial charge in [-0.05, 0) is 43.4 Å². The van der Waals surface area contributed by atoms with Crippen LogP contribution in [0.5, 0.6) is 0 Å². The third-order valence-electron chi connectivity index (χ3n) is 4.63. The zero-order chi connectivity index (χ0) is 18.1. The van der Waals surface area contributed by atoms with Gasteiger partial charge in [-0.2, -0.15) is 0 Å². The maximum absolute atomic E-state index is 12.8. The van der Waals surface area contributed by atoms with E-state index in [1.807, 2.05) is 34.1 Å². The van der Waals surface area contributed by atoms with Gasteiger partial charge in [-0.15, -0.1) is 0 Å². The number of imidazole rings is 1. The Balaban J connectivity index is 1.45. The number of thioether (sulfide) groups is 1. The van der Waals surface area contributed by atoms with Gasteiger partial charge in [-0.3, -0.25) is 9.20 Å². The fraction of sp³-hybridized carbons (Fsp3) is 0.389. The number of ether oxygens (including phenoxy) is 1. The van der Waals surface area contributed by atoms with Crippen molar-refractivity contribution in [3.8, 4) is 0 Å². The van der Waals surface area contributed by atoms with Gasteiger partial charge in [0, 0.05) is 19.1 Å². The van der Waals surface area contributed by atoms with Crippen LogP contribution in [0, 0.1) is 0 Å². The van der Waals surface area contributed by atoms with Crippen LogP contribution in [0.25, 0.3) is 11.7 Å². The highest BCUT2D eigenvalue weighted by atomic mass is 32.2. The highest BCUT2D eigenvalue weighted by molar-refractivity contribution is 8.02. The van der Waals surface area contributed by atoms with Crippen LogP contribution in [0.1, 0.15) is 35.9 Å². The predicted molar refractivity (Wildman–Crippen MR) is 99.2 cm³/mol. The first-order valence-corrected chi connectivity index (χ1v) is 9.62. The normalized spacial score (nSPS) is 16.7. The first kappa shape index (κ1) is 17.0. The molecule has 4 heterocycles. The molecule has 2 aliphatic rings. The lowest BCUT2D eigenvalue weighted by atomic mass is 10.1. The number of piperidine rings is 1. The minimum Gasteiger partial charge on any atom is -0.450 e. The molecule has 4 rings (SSSR count). The van der Waals surface area contributed by atoms with E-state index in [0.717, 1.165) is 16.4 Å². The van der Waals surface area contributed by atoms with Crippen molar-refractivity contribution < 1.29 is 14.3 Å². The second kappa shape index (κ2) is 7.03. The largest absolute Gasteiger partial charge is 0.450 e. The van der Waals surface area contributed by atoms with E-state index in [1.54, 1.807) is 23.6 Å². The van der Waals surface area contributed by atoms with Crippen LogP contribution >= 0.6 is 11.8 Å². The SMILES string of the molecule is CCOC(=O)N1CCC(NC(=O)c2nc3cccc4n3c2C=CS4)CC1. The van der Waals surface area contributed by atoms with Crippen LogP contribution in [0.4, 0.5) is 4.79 Å². The van der Waals surface area contributed by atoms with Crippen molar-refractivity contribution in [2.24, 2.45) is 0 Å². The molecule has 0 aliphatic carbocycles. The molecule has 0 bridgehead atoms. The minimum atomic E-state index is -0.280. The summed E-state index contributed by atoms with van der Waals surface area (Å²) in [5.74, 6) is -0.166. The summed E-state index contributed by atoms with van der Waals surface area (Å²) in [6, 6.07) is 5.90. The van der Waals surface area contributed by atoms with Crippen molar-refractivity contribution >= 4 is 35.5 Å². The quantitative estimate of drug-likeness (QED) is 0.897. The number of rotatable bonds is 3. The van der Waals surface area contributed by atoms with Gasteiger partial charge < -0.3 is 15.0 Å². The van der Waals surface area contributed by atoms with Gasteiger partial charge in [-0.1, -0.05) is 17.8 Å². The summed E-state index contributed by atoms with van der Waals surface area (Å²) in [4.78, 5) is 30.8. The van der Waals surface area contributed by atoms with E-state index in [4.69, 9.17) is 4.74 Å². The monoisotopic (exact) mass is 372 g/mol. The molecule has 1 fully saturated rings. The van der Waals surface area contributed by atoms with Gasteiger partial charge in [0.1, 0.15) is 5.65 Å². The first-order chi connectivity index (χ1) is 12.7. The second-order valence-corrected chi connectivity index (χ2v) is 7.18. The van der Waals surface area contributed by atoms with E-state index < -0.39 is 0 Å². The Morgan fingerprint density at radius 1 is 1.35 bits per heavy atom. The molecule has 0 saturated carbocycles. The van der Waals surface area contributed by atoms with E-state index in [0.29, 0.717) is 38.2 Å².